The lowest BCUT2D eigenvalue weighted by atomic mass is 9.94. The Hall–Kier alpha value is -2.50. The van der Waals surface area contributed by atoms with E-state index >= 15 is 0 Å². The SMILES string of the molecule is COc1cc(C(=O)N(C)C2CCCCC2)ccc1OCc1c(C)noc1C. The van der Waals surface area contributed by atoms with Crippen LogP contribution in [0.1, 0.15) is 59.5 Å². The molecule has 146 valence electrons. The molecule has 0 spiro atoms. The zero-order valence-corrected chi connectivity index (χ0v) is 16.6. The number of aryl methyl sites for hydroxylation is 2. The van der Waals surface area contributed by atoms with E-state index in [0.29, 0.717) is 29.7 Å². The number of amides is 1. The Labute approximate surface area is 160 Å². The summed E-state index contributed by atoms with van der Waals surface area (Å²) in [4.78, 5) is 14.7. The second kappa shape index (κ2) is 8.46. The lowest BCUT2D eigenvalue weighted by Gasteiger charge is -2.31. The summed E-state index contributed by atoms with van der Waals surface area (Å²) in [6.07, 6.45) is 5.82. The Balaban J connectivity index is 1.72. The second-order valence-electron chi connectivity index (χ2n) is 7.16. The van der Waals surface area contributed by atoms with Crippen LogP contribution in [0.3, 0.4) is 0 Å². The first-order valence-electron chi connectivity index (χ1n) is 9.51. The Morgan fingerprint density at radius 1 is 1.22 bits per heavy atom. The van der Waals surface area contributed by atoms with E-state index in [-0.39, 0.29) is 5.91 Å². The molecule has 0 saturated heterocycles. The standard InChI is InChI=1S/C21H28N2O4/c1-14-18(15(2)27-22-14)13-26-19-11-10-16(12-20(19)25-4)21(24)23(3)17-8-6-5-7-9-17/h10-12,17H,5-9,13H2,1-4H3. The average Bonchev–Trinajstić information content (AvgIpc) is 3.03. The summed E-state index contributed by atoms with van der Waals surface area (Å²) >= 11 is 0. The summed E-state index contributed by atoms with van der Waals surface area (Å²) in [6.45, 7) is 4.08. The number of hydrogen-bond donors (Lipinski definition) is 0. The van der Waals surface area contributed by atoms with Crippen LogP contribution in [-0.2, 0) is 6.61 Å². The van der Waals surface area contributed by atoms with Crippen molar-refractivity contribution in [2.24, 2.45) is 0 Å². The first-order valence-corrected chi connectivity index (χ1v) is 9.51. The number of aromatic nitrogens is 1. The van der Waals surface area contributed by atoms with Gasteiger partial charge in [0.1, 0.15) is 12.4 Å². The van der Waals surface area contributed by atoms with Crippen LogP contribution in [-0.4, -0.2) is 36.2 Å². The van der Waals surface area contributed by atoms with Gasteiger partial charge in [0, 0.05) is 18.7 Å². The highest BCUT2D eigenvalue weighted by molar-refractivity contribution is 5.95. The first kappa shape index (κ1) is 19.3. The lowest BCUT2D eigenvalue weighted by Crippen LogP contribution is -2.38. The maximum atomic E-state index is 12.9. The van der Waals surface area contributed by atoms with Crippen molar-refractivity contribution in [1.82, 2.24) is 10.1 Å². The molecule has 1 saturated carbocycles. The van der Waals surface area contributed by atoms with Crippen molar-refractivity contribution in [3.05, 3.63) is 40.8 Å². The summed E-state index contributed by atoms with van der Waals surface area (Å²) in [5.41, 5.74) is 2.35. The van der Waals surface area contributed by atoms with Gasteiger partial charge in [-0.15, -0.1) is 0 Å². The van der Waals surface area contributed by atoms with E-state index in [1.54, 1.807) is 25.3 Å². The van der Waals surface area contributed by atoms with Crippen molar-refractivity contribution < 1.29 is 18.8 Å². The molecule has 0 aliphatic heterocycles. The van der Waals surface area contributed by atoms with Crippen LogP contribution in [0.4, 0.5) is 0 Å². The third-order valence-electron chi connectivity index (χ3n) is 5.41. The Bertz CT molecular complexity index is 774. The summed E-state index contributed by atoms with van der Waals surface area (Å²) in [5, 5.41) is 3.94. The summed E-state index contributed by atoms with van der Waals surface area (Å²) in [5.74, 6) is 1.91. The fourth-order valence-electron chi connectivity index (χ4n) is 3.62. The molecule has 1 fully saturated rings. The maximum absolute atomic E-state index is 12.9. The van der Waals surface area contributed by atoms with Crippen LogP contribution in [0.5, 0.6) is 11.5 Å². The third-order valence-corrected chi connectivity index (χ3v) is 5.41. The third kappa shape index (κ3) is 4.26. The fourth-order valence-corrected chi connectivity index (χ4v) is 3.62. The van der Waals surface area contributed by atoms with Crippen molar-refractivity contribution in [2.45, 2.75) is 58.6 Å². The van der Waals surface area contributed by atoms with Crippen molar-refractivity contribution in [1.29, 1.82) is 0 Å². The zero-order chi connectivity index (χ0) is 19.4. The second-order valence-corrected chi connectivity index (χ2v) is 7.16. The number of carbonyl (C=O) groups is 1. The van der Waals surface area contributed by atoms with E-state index in [2.05, 4.69) is 5.16 Å². The van der Waals surface area contributed by atoms with E-state index < -0.39 is 0 Å². The van der Waals surface area contributed by atoms with Crippen LogP contribution in [0.25, 0.3) is 0 Å². The van der Waals surface area contributed by atoms with Gasteiger partial charge in [0.25, 0.3) is 5.91 Å². The molecule has 1 aromatic carbocycles. The summed E-state index contributed by atoms with van der Waals surface area (Å²) < 4.78 is 16.5. The van der Waals surface area contributed by atoms with Gasteiger partial charge in [0.15, 0.2) is 11.5 Å². The van der Waals surface area contributed by atoms with E-state index in [0.717, 1.165) is 29.9 Å². The van der Waals surface area contributed by atoms with Gasteiger partial charge in [-0.2, -0.15) is 0 Å². The van der Waals surface area contributed by atoms with Gasteiger partial charge in [0.2, 0.25) is 0 Å². The molecular formula is C21H28N2O4. The van der Waals surface area contributed by atoms with Gasteiger partial charge in [-0.25, -0.2) is 0 Å². The van der Waals surface area contributed by atoms with E-state index in [1.165, 1.54) is 19.3 Å². The number of methoxy groups -OCH3 is 1. The number of nitrogens with zero attached hydrogens (tertiary/aromatic N) is 2. The smallest absolute Gasteiger partial charge is 0.253 e. The molecule has 6 nitrogen and oxygen atoms in total. The molecular weight excluding hydrogens is 344 g/mol. The van der Waals surface area contributed by atoms with Crippen molar-refractivity contribution in [2.75, 3.05) is 14.2 Å². The first-order chi connectivity index (χ1) is 13.0. The molecule has 0 bridgehead atoms. The van der Waals surface area contributed by atoms with E-state index in [1.807, 2.05) is 25.8 Å². The topological polar surface area (TPSA) is 64.8 Å². The Kier molecular flexibility index (Phi) is 6.04. The van der Waals surface area contributed by atoms with Crippen molar-refractivity contribution >= 4 is 5.91 Å². The van der Waals surface area contributed by atoms with Gasteiger partial charge < -0.3 is 18.9 Å². The molecule has 2 aromatic rings. The number of hydrogen-bond acceptors (Lipinski definition) is 5. The Morgan fingerprint density at radius 2 is 1.96 bits per heavy atom. The molecule has 0 atom stereocenters. The van der Waals surface area contributed by atoms with Gasteiger partial charge in [-0.3, -0.25) is 4.79 Å². The number of benzene rings is 1. The van der Waals surface area contributed by atoms with Crippen LogP contribution >= 0.6 is 0 Å². The quantitative estimate of drug-likeness (QED) is 0.757. The monoisotopic (exact) mass is 372 g/mol. The van der Waals surface area contributed by atoms with Crippen molar-refractivity contribution in [3.8, 4) is 11.5 Å². The fraction of sp³-hybridized carbons (Fsp3) is 0.524. The minimum Gasteiger partial charge on any atom is -0.493 e. The molecule has 0 radical (unpaired) electrons. The number of rotatable bonds is 6. The normalized spacial score (nSPS) is 14.8. The lowest BCUT2D eigenvalue weighted by molar-refractivity contribution is 0.0696. The molecule has 1 aliphatic carbocycles. The van der Waals surface area contributed by atoms with Crippen LogP contribution in [0.2, 0.25) is 0 Å². The van der Waals surface area contributed by atoms with E-state index in [4.69, 9.17) is 14.0 Å². The van der Waals surface area contributed by atoms with Gasteiger partial charge in [-0.1, -0.05) is 24.4 Å². The minimum atomic E-state index is 0.0254. The maximum Gasteiger partial charge on any atom is 0.253 e. The zero-order valence-electron chi connectivity index (χ0n) is 16.6. The molecule has 27 heavy (non-hydrogen) atoms. The largest absolute Gasteiger partial charge is 0.493 e. The highest BCUT2D eigenvalue weighted by atomic mass is 16.5. The molecule has 0 unspecified atom stereocenters. The Morgan fingerprint density at radius 3 is 2.59 bits per heavy atom. The molecule has 1 aliphatic rings. The predicted molar refractivity (Wildman–Crippen MR) is 102 cm³/mol. The highest BCUT2D eigenvalue weighted by Gasteiger charge is 2.24. The van der Waals surface area contributed by atoms with Crippen molar-refractivity contribution in [3.63, 3.8) is 0 Å². The molecule has 1 aromatic heterocycles. The molecule has 0 N–H and O–H groups in total. The van der Waals surface area contributed by atoms with Gasteiger partial charge in [0.05, 0.1) is 18.4 Å². The molecule has 6 heteroatoms. The number of carbonyl (C=O) groups excluding carboxylic acids is 1. The van der Waals surface area contributed by atoms with Crippen LogP contribution < -0.4 is 9.47 Å². The van der Waals surface area contributed by atoms with Gasteiger partial charge in [-0.05, 0) is 44.9 Å². The number of ether oxygens (including phenoxy) is 2. The van der Waals surface area contributed by atoms with Crippen LogP contribution in [0.15, 0.2) is 22.7 Å². The molecule has 1 heterocycles. The molecule has 3 rings (SSSR count). The predicted octanol–water partition coefficient (Wildman–Crippen LogP) is 4.28. The summed E-state index contributed by atoms with van der Waals surface area (Å²) in [7, 11) is 3.48. The molecule has 1 amide bonds. The minimum absolute atomic E-state index is 0.0254. The average molecular weight is 372 g/mol. The summed E-state index contributed by atoms with van der Waals surface area (Å²) in [6, 6.07) is 5.67. The highest BCUT2D eigenvalue weighted by Crippen LogP contribution is 2.31. The van der Waals surface area contributed by atoms with Gasteiger partial charge >= 0.3 is 0 Å². The van der Waals surface area contributed by atoms with Crippen LogP contribution in [0, 0.1) is 13.8 Å². The van der Waals surface area contributed by atoms with E-state index in [9.17, 15) is 4.79 Å².